The second-order valence-electron chi connectivity index (χ2n) is 6.79. The molecule has 0 aliphatic carbocycles. The lowest BCUT2D eigenvalue weighted by molar-refractivity contribution is -0.118. The molecule has 0 fully saturated rings. The van der Waals surface area contributed by atoms with E-state index in [4.69, 9.17) is 4.74 Å². The first kappa shape index (κ1) is 20.8. The molecule has 2 N–H and O–H groups in total. The van der Waals surface area contributed by atoms with Gasteiger partial charge < -0.3 is 10.1 Å². The molecule has 6 nitrogen and oxygen atoms in total. The fourth-order valence-corrected chi connectivity index (χ4v) is 2.68. The van der Waals surface area contributed by atoms with Gasteiger partial charge in [-0.05, 0) is 73.0 Å². The molecule has 0 saturated carbocycles. The highest BCUT2D eigenvalue weighted by Crippen LogP contribution is 2.16. The smallest absolute Gasteiger partial charge is 0.271 e. The molecule has 0 unspecified atom stereocenters. The Morgan fingerprint density at radius 2 is 1.70 bits per heavy atom. The van der Waals surface area contributed by atoms with Gasteiger partial charge in [0.05, 0.1) is 6.21 Å². The van der Waals surface area contributed by atoms with Crippen LogP contribution in [0.3, 0.4) is 0 Å². The molecule has 30 heavy (non-hydrogen) atoms. The van der Waals surface area contributed by atoms with Crippen LogP contribution in [0.25, 0.3) is 0 Å². The monoisotopic (exact) mass is 401 g/mol. The summed E-state index contributed by atoms with van der Waals surface area (Å²) in [6.07, 6.45) is 1.54. The van der Waals surface area contributed by atoms with Gasteiger partial charge in [0.15, 0.2) is 6.61 Å². The summed E-state index contributed by atoms with van der Waals surface area (Å²) in [6.45, 7) is 3.83. The van der Waals surface area contributed by atoms with Crippen LogP contribution < -0.4 is 15.5 Å². The number of benzene rings is 3. The molecule has 0 aromatic heterocycles. The van der Waals surface area contributed by atoms with Gasteiger partial charge in [0.25, 0.3) is 11.8 Å². The standard InChI is InChI=1S/C24H23N3O3/c1-17-8-9-18(2)22(14-17)26-23(28)16-30-21-12-10-19(11-13-21)15-25-27-24(29)20-6-4-3-5-7-20/h3-15H,16H2,1-2H3,(H,26,28)(H,27,29)/b25-15+. The van der Waals surface area contributed by atoms with Crippen molar-refractivity contribution >= 4 is 23.7 Å². The Kier molecular flexibility index (Phi) is 6.95. The maximum absolute atomic E-state index is 12.1. The number of amides is 2. The van der Waals surface area contributed by atoms with Gasteiger partial charge in [-0.25, -0.2) is 5.43 Å². The third-order valence-electron chi connectivity index (χ3n) is 4.33. The third-order valence-corrected chi connectivity index (χ3v) is 4.33. The minimum absolute atomic E-state index is 0.0893. The summed E-state index contributed by atoms with van der Waals surface area (Å²) in [5.74, 6) is 0.0659. The molecule has 0 bridgehead atoms. The predicted octanol–water partition coefficient (Wildman–Crippen LogP) is 4.08. The molecule has 3 aromatic carbocycles. The van der Waals surface area contributed by atoms with Crippen LogP contribution in [0.15, 0.2) is 77.9 Å². The van der Waals surface area contributed by atoms with E-state index in [0.717, 1.165) is 22.4 Å². The van der Waals surface area contributed by atoms with Crippen LogP contribution >= 0.6 is 0 Å². The van der Waals surface area contributed by atoms with Crippen molar-refractivity contribution in [3.05, 3.63) is 95.1 Å². The van der Waals surface area contributed by atoms with E-state index in [0.29, 0.717) is 11.3 Å². The Bertz CT molecular complexity index is 1050. The molecule has 0 radical (unpaired) electrons. The second-order valence-corrected chi connectivity index (χ2v) is 6.79. The van der Waals surface area contributed by atoms with Gasteiger partial charge in [-0.3, -0.25) is 9.59 Å². The van der Waals surface area contributed by atoms with Gasteiger partial charge in [-0.2, -0.15) is 5.10 Å². The van der Waals surface area contributed by atoms with E-state index in [2.05, 4.69) is 15.8 Å². The molecular formula is C24H23N3O3. The summed E-state index contributed by atoms with van der Waals surface area (Å²) in [7, 11) is 0. The molecule has 152 valence electrons. The molecule has 0 saturated heterocycles. The Hall–Kier alpha value is -3.93. The van der Waals surface area contributed by atoms with Gasteiger partial charge in [-0.1, -0.05) is 30.3 Å². The quantitative estimate of drug-likeness (QED) is 0.462. The van der Waals surface area contributed by atoms with Crippen molar-refractivity contribution in [3.8, 4) is 5.75 Å². The Morgan fingerprint density at radius 3 is 2.43 bits per heavy atom. The van der Waals surface area contributed by atoms with Gasteiger partial charge in [0, 0.05) is 11.3 Å². The Morgan fingerprint density at radius 1 is 0.967 bits per heavy atom. The van der Waals surface area contributed by atoms with Crippen molar-refractivity contribution in [1.29, 1.82) is 0 Å². The zero-order valence-corrected chi connectivity index (χ0v) is 16.9. The molecule has 0 spiro atoms. The summed E-state index contributed by atoms with van der Waals surface area (Å²) >= 11 is 0. The SMILES string of the molecule is Cc1ccc(C)c(NC(=O)COc2ccc(/C=N/NC(=O)c3ccccc3)cc2)c1. The molecule has 3 rings (SSSR count). The number of hydrogen-bond acceptors (Lipinski definition) is 4. The van der Waals surface area contributed by atoms with E-state index in [-0.39, 0.29) is 18.4 Å². The maximum Gasteiger partial charge on any atom is 0.271 e. The van der Waals surface area contributed by atoms with Gasteiger partial charge in [-0.15, -0.1) is 0 Å². The van der Waals surface area contributed by atoms with Crippen LogP contribution in [0, 0.1) is 13.8 Å². The number of aryl methyl sites for hydroxylation is 2. The maximum atomic E-state index is 12.1. The summed E-state index contributed by atoms with van der Waals surface area (Å²) < 4.78 is 5.54. The van der Waals surface area contributed by atoms with Crippen LogP contribution in [0.2, 0.25) is 0 Å². The number of carbonyl (C=O) groups excluding carboxylic acids is 2. The lowest BCUT2D eigenvalue weighted by atomic mass is 10.1. The number of rotatable bonds is 7. The highest BCUT2D eigenvalue weighted by Gasteiger charge is 2.06. The lowest BCUT2D eigenvalue weighted by Crippen LogP contribution is -2.20. The van der Waals surface area contributed by atoms with Crippen LogP contribution in [0.5, 0.6) is 5.75 Å². The number of hydrazone groups is 1. The number of ether oxygens (including phenoxy) is 1. The number of nitrogens with one attached hydrogen (secondary N) is 2. The summed E-state index contributed by atoms with van der Waals surface area (Å²) in [6, 6.07) is 21.8. The normalized spacial score (nSPS) is 10.6. The molecular weight excluding hydrogens is 378 g/mol. The van der Waals surface area contributed by atoms with Crippen LogP contribution in [-0.2, 0) is 4.79 Å². The average molecular weight is 401 g/mol. The van der Waals surface area contributed by atoms with E-state index in [1.165, 1.54) is 6.21 Å². The van der Waals surface area contributed by atoms with Crippen molar-refractivity contribution in [2.24, 2.45) is 5.10 Å². The summed E-state index contributed by atoms with van der Waals surface area (Å²) in [5, 5.41) is 6.81. The molecule has 2 amide bonds. The number of carbonyl (C=O) groups is 2. The van der Waals surface area contributed by atoms with E-state index in [1.807, 2.05) is 38.1 Å². The van der Waals surface area contributed by atoms with Crippen LogP contribution in [0.4, 0.5) is 5.69 Å². The van der Waals surface area contributed by atoms with E-state index >= 15 is 0 Å². The molecule has 0 aliphatic rings. The first-order valence-corrected chi connectivity index (χ1v) is 9.50. The zero-order chi connectivity index (χ0) is 21.3. The fraction of sp³-hybridized carbons (Fsp3) is 0.125. The van der Waals surface area contributed by atoms with Crippen LogP contribution in [0.1, 0.15) is 27.0 Å². The summed E-state index contributed by atoms with van der Waals surface area (Å²) in [5.41, 5.74) is 6.67. The lowest BCUT2D eigenvalue weighted by Gasteiger charge is -2.10. The Balaban J connectivity index is 1.47. The van der Waals surface area contributed by atoms with E-state index in [9.17, 15) is 9.59 Å². The number of hydrogen-bond donors (Lipinski definition) is 2. The van der Waals surface area contributed by atoms with Crippen molar-refractivity contribution in [1.82, 2.24) is 5.43 Å². The topological polar surface area (TPSA) is 79.8 Å². The first-order chi connectivity index (χ1) is 14.5. The van der Waals surface area contributed by atoms with Crippen molar-refractivity contribution in [3.63, 3.8) is 0 Å². The molecule has 6 heteroatoms. The fourth-order valence-electron chi connectivity index (χ4n) is 2.68. The van der Waals surface area contributed by atoms with Gasteiger partial charge in [0.2, 0.25) is 0 Å². The van der Waals surface area contributed by atoms with Crippen molar-refractivity contribution in [2.75, 3.05) is 11.9 Å². The van der Waals surface area contributed by atoms with Crippen molar-refractivity contribution in [2.45, 2.75) is 13.8 Å². The average Bonchev–Trinajstić information content (AvgIpc) is 2.76. The zero-order valence-electron chi connectivity index (χ0n) is 16.9. The minimum Gasteiger partial charge on any atom is -0.484 e. The van der Waals surface area contributed by atoms with Gasteiger partial charge >= 0.3 is 0 Å². The predicted molar refractivity (Wildman–Crippen MR) is 118 cm³/mol. The first-order valence-electron chi connectivity index (χ1n) is 9.50. The molecule has 0 atom stereocenters. The minimum atomic E-state index is -0.276. The second kappa shape index (κ2) is 10.0. The number of nitrogens with zero attached hydrogens (tertiary/aromatic N) is 1. The highest BCUT2D eigenvalue weighted by molar-refractivity contribution is 5.95. The molecule has 0 aliphatic heterocycles. The largest absolute Gasteiger partial charge is 0.484 e. The van der Waals surface area contributed by atoms with Crippen molar-refractivity contribution < 1.29 is 14.3 Å². The highest BCUT2D eigenvalue weighted by atomic mass is 16.5. The van der Waals surface area contributed by atoms with E-state index in [1.54, 1.807) is 48.5 Å². The number of anilines is 1. The van der Waals surface area contributed by atoms with E-state index < -0.39 is 0 Å². The molecule has 0 heterocycles. The van der Waals surface area contributed by atoms with Crippen LogP contribution in [-0.4, -0.2) is 24.6 Å². The van der Waals surface area contributed by atoms with Gasteiger partial charge in [0.1, 0.15) is 5.75 Å². The summed E-state index contributed by atoms with van der Waals surface area (Å²) in [4.78, 5) is 24.1. The third kappa shape index (κ3) is 6.04. The molecule has 3 aromatic rings. The Labute approximate surface area is 175 Å².